The summed E-state index contributed by atoms with van der Waals surface area (Å²) >= 11 is 0. The van der Waals surface area contributed by atoms with Crippen molar-refractivity contribution in [3.05, 3.63) is 71.8 Å². The minimum atomic E-state index is -0.187. The standard InChI is InChI=1S/C25H28N6O2/c1-18-15-19(2)31(28-18)24-6-3-21(17-26-24)25(32)27-22-4-5-23-20(16-22)7-8-30(23)10-9-29-11-13-33-14-12-29/h3-8,15-17H,9-14H2,1-2H3,(H,27,32). The number of fused-ring (bicyclic) bond motifs is 1. The van der Waals surface area contributed by atoms with Gasteiger partial charge >= 0.3 is 0 Å². The first-order chi connectivity index (χ1) is 16.1. The maximum absolute atomic E-state index is 12.8. The van der Waals surface area contributed by atoms with E-state index in [9.17, 15) is 4.79 Å². The van der Waals surface area contributed by atoms with Crippen LogP contribution in [0.1, 0.15) is 21.7 Å². The maximum Gasteiger partial charge on any atom is 0.257 e. The third-order valence-corrected chi connectivity index (χ3v) is 6.03. The lowest BCUT2D eigenvalue weighted by Crippen LogP contribution is -2.38. The minimum absolute atomic E-state index is 0.187. The van der Waals surface area contributed by atoms with Crippen LogP contribution in [0.2, 0.25) is 0 Å². The van der Waals surface area contributed by atoms with Gasteiger partial charge in [0.15, 0.2) is 5.82 Å². The number of aromatic nitrogens is 4. The van der Waals surface area contributed by atoms with E-state index in [0.717, 1.165) is 67.4 Å². The van der Waals surface area contributed by atoms with Gasteiger partial charge in [-0.3, -0.25) is 9.69 Å². The van der Waals surface area contributed by atoms with E-state index in [1.54, 1.807) is 16.9 Å². The first-order valence-corrected chi connectivity index (χ1v) is 11.3. The Morgan fingerprint density at radius 1 is 1.06 bits per heavy atom. The van der Waals surface area contributed by atoms with Crippen molar-refractivity contribution in [1.82, 2.24) is 24.2 Å². The topological polar surface area (TPSA) is 77.2 Å². The fourth-order valence-corrected chi connectivity index (χ4v) is 4.26. The van der Waals surface area contributed by atoms with Crippen molar-refractivity contribution >= 4 is 22.5 Å². The van der Waals surface area contributed by atoms with Gasteiger partial charge in [-0.25, -0.2) is 9.67 Å². The molecule has 0 radical (unpaired) electrons. The van der Waals surface area contributed by atoms with Crippen LogP contribution in [-0.2, 0) is 11.3 Å². The zero-order valence-corrected chi connectivity index (χ0v) is 19.0. The summed E-state index contributed by atoms with van der Waals surface area (Å²) in [7, 11) is 0. The highest BCUT2D eigenvalue weighted by atomic mass is 16.5. The lowest BCUT2D eigenvalue weighted by Gasteiger charge is -2.26. The van der Waals surface area contributed by atoms with Crippen molar-refractivity contribution in [2.24, 2.45) is 0 Å². The molecule has 1 aromatic carbocycles. The molecular weight excluding hydrogens is 416 g/mol. The molecule has 1 saturated heterocycles. The molecule has 1 N–H and O–H groups in total. The molecular formula is C25H28N6O2. The number of morpholine rings is 1. The van der Waals surface area contributed by atoms with E-state index in [1.807, 2.05) is 38.1 Å². The van der Waals surface area contributed by atoms with Crippen LogP contribution < -0.4 is 5.32 Å². The fourth-order valence-electron chi connectivity index (χ4n) is 4.26. The van der Waals surface area contributed by atoms with E-state index in [1.165, 1.54) is 0 Å². The molecule has 8 nitrogen and oxygen atoms in total. The van der Waals surface area contributed by atoms with E-state index < -0.39 is 0 Å². The van der Waals surface area contributed by atoms with Gasteiger partial charge in [-0.05, 0) is 56.3 Å². The van der Waals surface area contributed by atoms with Crippen LogP contribution in [0.3, 0.4) is 0 Å². The molecule has 3 aromatic heterocycles. The van der Waals surface area contributed by atoms with Crippen LogP contribution >= 0.6 is 0 Å². The Balaban J connectivity index is 1.25. The van der Waals surface area contributed by atoms with Crippen LogP contribution in [0.15, 0.2) is 54.9 Å². The molecule has 4 heterocycles. The van der Waals surface area contributed by atoms with E-state index in [4.69, 9.17) is 4.74 Å². The molecule has 1 aliphatic heterocycles. The summed E-state index contributed by atoms with van der Waals surface area (Å²) in [5.74, 6) is 0.505. The number of hydrogen-bond acceptors (Lipinski definition) is 5. The van der Waals surface area contributed by atoms with E-state index in [0.29, 0.717) is 11.4 Å². The summed E-state index contributed by atoms with van der Waals surface area (Å²) in [6, 6.07) is 13.7. The summed E-state index contributed by atoms with van der Waals surface area (Å²) in [6.07, 6.45) is 3.69. The number of nitrogens with one attached hydrogen (secondary N) is 1. The number of ether oxygens (including phenoxy) is 1. The predicted molar refractivity (Wildman–Crippen MR) is 128 cm³/mol. The zero-order chi connectivity index (χ0) is 22.8. The van der Waals surface area contributed by atoms with Crippen molar-refractivity contribution in [3.8, 4) is 5.82 Å². The van der Waals surface area contributed by atoms with Gasteiger partial charge in [0, 0.05) is 60.9 Å². The number of carbonyl (C=O) groups is 1. The molecule has 0 bridgehead atoms. The van der Waals surface area contributed by atoms with Crippen molar-refractivity contribution < 1.29 is 9.53 Å². The first kappa shape index (κ1) is 21.4. The molecule has 33 heavy (non-hydrogen) atoms. The fraction of sp³-hybridized carbons (Fsp3) is 0.320. The Hall–Kier alpha value is -3.49. The van der Waals surface area contributed by atoms with Crippen molar-refractivity contribution in [3.63, 3.8) is 0 Å². The van der Waals surface area contributed by atoms with E-state index in [-0.39, 0.29) is 5.91 Å². The van der Waals surface area contributed by atoms with Gasteiger partial charge in [0.2, 0.25) is 0 Å². The summed E-state index contributed by atoms with van der Waals surface area (Å²) < 4.78 is 9.46. The quantitative estimate of drug-likeness (QED) is 0.493. The van der Waals surface area contributed by atoms with Crippen LogP contribution in [0.4, 0.5) is 5.69 Å². The van der Waals surface area contributed by atoms with Gasteiger partial charge in [-0.15, -0.1) is 0 Å². The molecule has 0 aliphatic carbocycles. The summed E-state index contributed by atoms with van der Waals surface area (Å²) in [5.41, 5.74) is 4.37. The van der Waals surface area contributed by atoms with Crippen molar-refractivity contribution in [2.45, 2.75) is 20.4 Å². The van der Waals surface area contributed by atoms with E-state index in [2.05, 4.69) is 43.2 Å². The van der Waals surface area contributed by atoms with Crippen LogP contribution in [0.5, 0.6) is 0 Å². The smallest absolute Gasteiger partial charge is 0.257 e. The van der Waals surface area contributed by atoms with Gasteiger partial charge in [0.1, 0.15) is 0 Å². The van der Waals surface area contributed by atoms with Crippen molar-refractivity contribution in [1.29, 1.82) is 0 Å². The average molecular weight is 445 g/mol. The third-order valence-electron chi connectivity index (χ3n) is 6.03. The second kappa shape index (κ2) is 9.17. The predicted octanol–water partition coefficient (Wildman–Crippen LogP) is 3.42. The van der Waals surface area contributed by atoms with Crippen LogP contribution in [-0.4, -0.2) is 63.0 Å². The lowest BCUT2D eigenvalue weighted by atomic mass is 10.2. The molecule has 1 fully saturated rings. The first-order valence-electron chi connectivity index (χ1n) is 11.3. The Morgan fingerprint density at radius 3 is 2.64 bits per heavy atom. The van der Waals surface area contributed by atoms with Gasteiger partial charge in [-0.1, -0.05) is 0 Å². The van der Waals surface area contributed by atoms with Gasteiger partial charge in [0.05, 0.1) is 24.5 Å². The Kier molecular flexibility index (Phi) is 5.93. The Labute approximate surface area is 192 Å². The van der Waals surface area contributed by atoms with Crippen LogP contribution in [0, 0.1) is 13.8 Å². The molecule has 1 amide bonds. The molecule has 0 spiro atoms. The summed E-state index contributed by atoms with van der Waals surface area (Å²) in [4.78, 5) is 19.6. The Morgan fingerprint density at radius 2 is 1.91 bits per heavy atom. The highest BCUT2D eigenvalue weighted by Gasteiger charge is 2.12. The number of aryl methyl sites for hydroxylation is 2. The highest BCUT2D eigenvalue weighted by molar-refractivity contribution is 6.05. The number of pyridine rings is 1. The number of anilines is 1. The normalized spacial score (nSPS) is 14.6. The highest BCUT2D eigenvalue weighted by Crippen LogP contribution is 2.21. The molecule has 5 rings (SSSR count). The number of amides is 1. The minimum Gasteiger partial charge on any atom is -0.379 e. The van der Waals surface area contributed by atoms with Crippen molar-refractivity contribution in [2.75, 3.05) is 38.2 Å². The number of rotatable bonds is 6. The summed E-state index contributed by atoms with van der Waals surface area (Å²) in [5, 5.41) is 8.53. The maximum atomic E-state index is 12.8. The third kappa shape index (κ3) is 4.67. The largest absolute Gasteiger partial charge is 0.379 e. The second-order valence-corrected chi connectivity index (χ2v) is 8.43. The average Bonchev–Trinajstić information content (AvgIpc) is 3.40. The monoisotopic (exact) mass is 444 g/mol. The van der Waals surface area contributed by atoms with Crippen LogP contribution in [0.25, 0.3) is 16.7 Å². The van der Waals surface area contributed by atoms with Gasteiger partial charge < -0.3 is 14.6 Å². The molecule has 8 heteroatoms. The summed E-state index contributed by atoms with van der Waals surface area (Å²) in [6.45, 7) is 9.48. The van der Waals surface area contributed by atoms with E-state index >= 15 is 0 Å². The number of hydrogen-bond donors (Lipinski definition) is 1. The molecule has 4 aromatic rings. The molecule has 0 saturated carbocycles. The van der Waals surface area contributed by atoms with Gasteiger partial charge in [0.25, 0.3) is 5.91 Å². The number of carbonyl (C=O) groups excluding carboxylic acids is 1. The van der Waals surface area contributed by atoms with Gasteiger partial charge in [-0.2, -0.15) is 5.10 Å². The number of nitrogens with zero attached hydrogens (tertiary/aromatic N) is 5. The molecule has 0 unspecified atom stereocenters. The molecule has 1 aliphatic rings. The lowest BCUT2D eigenvalue weighted by molar-refractivity contribution is 0.0365. The SMILES string of the molecule is Cc1cc(C)n(-c2ccc(C(=O)Nc3ccc4c(ccn4CCN4CCOCC4)c3)cn2)n1. The second-order valence-electron chi connectivity index (χ2n) is 8.43. The number of benzene rings is 1. The molecule has 170 valence electrons. The zero-order valence-electron chi connectivity index (χ0n) is 19.0. The molecule has 0 atom stereocenters. The Bertz CT molecular complexity index is 1270.